The Morgan fingerprint density at radius 1 is 0.933 bits per heavy atom. The first kappa shape index (κ1) is 13.4. The zero-order chi connectivity index (χ0) is 12.2. The van der Waals surface area contributed by atoms with Crippen LogP contribution in [0, 0.1) is 11.8 Å². The predicted octanol–water partition coefficient (Wildman–Crippen LogP) is -0.0675. The Morgan fingerprint density at radius 3 is 1.73 bits per heavy atom. The first-order valence-electron chi connectivity index (χ1n) is 4.53. The minimum atomic E-state index is -1.15. The third-order valence-electron chi connectivity index (χ3n) is 2.28. The molecule has 0 saturated carbocycles. The molecule has 0 rings (SSSR count). The molecule has 1 amide bonds. The number of carboxylic acids is 2. The fraction of sp³-hybridized carbons (Fsp3) is 0.667. The van der Waals surface area contributed by atoms with Crippen LogP contribution in [0.4, 0.5) is 0 Å². The van der Waals surface area contributed by atoms with Crippen LogP contribution in [-0.4, -0.2) is 34.1 Å². The molecule has 0 aromatic carbocycles. The smallest absolute Gasteiger partial charge is 0.325 e. The zero-order valence-electron chi connectivity index (χ0n) is 8.85. The summed E-state index contributed by atoms with van der Waals surface area (Å²) in [4.78, 5) is 32.4. The van der Waals surface area contributed by atoms with E-state index in [1.165, 1.54) is 20.8 Å². The fourth-order valence-corrected chi connectivity index (χ4v) is 0.847. The standard InChI is InChI=1S/C9H15NO5/c1-4(5(2)8(12)13)7(11)10-6(3)9(14)15/h4-6H,1-3H3,(H,10,11)(H,12,13)(H,14,15). The predicted molar refractivity (Wildman–Crippen MR) is 51.2 cm³/mol. The van der Waals surface area contributed by atoms with Gasteiger partial charge in [0.2, 0.25) is 5.91 Å². The highest BCUT2D eigenvalue weighted by Crippen LogP contribution is 2.11. The van der Waals surface area contributed by atoms with Gasteiger partial charge in [0.1, 0.15) is 6.04 Å². The number of carboxylic acid groups (broad SMARTS) is 2. The number of aliphatic carboxylic acids is 2. The lowest BCUT2D eigenvalue weighted by atomic mass is 9.95. The van der Waals surface area contributed by atoms with Gasteiger partial charge in [0.25, 0.3) is 0 Å². The van der Waals surface area contributed by atoms with E-state index in [0.717, 1.165) is 0 Å². The maximum Gasteiger partial charge on any atom is 0.325 e. The van der Waals surface area contributed by atoms with Gasteiger partial charge in [0.05, 0.1) is 5.92 Å². The summed E-state index contributed by atoms with van der Waals surface area (Å²) in [7, 11) is 0. The van der Waals surface area contributed by atoms with Gasteiger partial charge >= 0.3 is 11.9 Å². The highest BCUT2D eigenvalue weighted by atomic mass is 16.4. The van der Waals surface area contributed by atoms with Crippen LogP contribution in [0.3, 0.4) is 0 Å². The van der Waals surface area contributed by atoms with Gasteiger partial charge in [-0.25, -0.2) is 0 Å². The quantitative estimate of drug-likeness (QED) is 0.598. The molecule has 3 atom stereocenters. The maximum absolute atomic E-state index is 11.4. The maximum atomic E-state index is 11.4. The van der Waals surface area contributed by atoms with E-state index in [0.29, 0.717) is 0 Å². The normalized spacial score (nSPS) is 16.2. The Labute approximate surface area is 87.3 Å². The topological polar surface area (TPSA) is 104 Å². The first-order chi connectivity index (χ1) is 6.77. The Kier molecular flexibility index (Phi) is 4.77. The third kappa shape index (κ3) is 3.97. The minimum Gasteiger partial charge on any atom is -0.481 e. The molecule has 6 nitrogen and oxygen atoms in total. The first-order valence-corrected chi connectivity index (χ1v) is 4.53. The van der Waals surface area contributed by atoms with E-state index in [2.05, 4.69) is 5.32 Å². The van der Waals surface area contributed by atoms with Crippen LogP contribution in [0.1, 0.15) is 20.8 Å². The molecule has 0 aromatic rings. The van der Waals surface area contributed by atoms with Crippen LogP contribution in [0.2, 0.25) is 0 Å². The summed E-state index contributed by atoms with van der Waals surface area (Å²) in [5.41, 5.74) is 0. The lowest BCUT2D eigenvalue weighted by Gasteiger charge is -2.17. The zero-order valence-corrected chi connectivity index (χ0v) is 8.85. The van der Waals surface area contributed by atoms with Crippen LogP contribution in [0.15, 0.2) is 0 Å². The molecule has 0 aliphatic carbocycles. The van der Waals surface area contributed by atoms with Gasteiger partial charge in [-0.1, -0.05) is 13.8 Å². The molecule has 86 valence electrons. The van der Waals surface area contributed by atoms with Crippen molar-refractivity contribution < 1.29 is 24.6 Å². The van der Waals surface area contributed by atoms with E-state index in [4.69, 9.17) is 10.2 Å². The number of hydrogen-bond donors (Lipinski definition) is 3. The van der Waals surface area contributed by atoms with Crippen molar-refractivity contribution in [1.82, 2.24) is 5.32 Å². The molecule has 0 aliphatic heterocycles. The van der Waals surface area contributed by atoms with Gasteiger partial charge < -0.3 is 15.5 Å². The highest BCUT2D eigenvalue weighted by Gasteiger charge is 2.27. The molecule has 0 aliphatic rings. The molecular formula is C9H15NO5. The molecule has 3 unspecified atom stereocenters. The van der Waals surface area contributed by atoms with Crippen molar-refractivity contribution in [2.75, 3.05) is 0 Å². The van der Waals surface area contributed by atoms with Crippen LogP contribution in [-0.2, 0) is 14.4 Å². The summed E-state index contributed by atoms with van der Waals surface area (Å²) in [6, 6.07) is -1.01. The molecule has 0 radical (unpaired) electrons. The molecule has 3 N–H and O–H groups in total. The van der Waals surface area contributed by atoms with Crippen LogP contribution >= 0.6 is 0 Å². The van der Waals surface area contributed by atoms with E-state index in [-0.39, 0.29) is 0 Å². The summed E-state index contributed by atoms with van der Waals surface area (Å²) in [5, 5.41) is 19.4. The molecule has 15 heavy (non-hydrogen) atoms. The number of hydrogen-bond acceptors (Lipinski definition) is 3. The van der Waals surface area contributed by atoms with Crippen molar-refractivity contribution in [3.8, 4) is 0 Å². The largest absolute Gasteiger partial charge is 0.481 e. The summed E-state index contributed by atoms with van der Waals surface area (Å²) in [5.74, 6) is -4.41. The lowest BCUT2D eigenvalue weighted by Crippen LogP contribution is -2.43. The van der Waals surface area contributed by atoms with Crippen LogP contribution in [0.25, 0.3) is 0 Å². The van der Waals surface area contributed by atoms with Crippen molar-refractivity contribution in [2.45, 2.75) is 26.8 Å². The Morgan fingerprint density at radius 2 is 1.40 bits per heavy atom. The SMILES string of the molecule is CC(NC(=O)C(C)C(C)C(=O)O)C(=O)O. The van der Waals surface area contributed by atoms with Crippen LogP contribution in [0.5, 0.6) is 0 Å². The Bertz CT molecular complexity index is 276. The molecular weight excluding hydrogens is 202 g/mol. The van der Waals surface area contributed by atoms with Crippen molar-refractivity contribution in [3.63, 3.8) is 0 Å². The van der Waals surface area contributed by atoms with E-state index in [9.17, 15) is 14.4 Å². The number of carbonyl (C=O) groups excluding carboxylic acids is 1. The van der Waals surface area contributed by atoms with Crippen molar-refractivity contribution in [1.29, 1.82) is 0 Å². The summed E-state index contributed by atoms with van der Waals surface area (Å²) < 4.78 is 0. The fourth-order valence-electron chi connectivity index (χ4n) is 0.847. The van der Waals surface area contributed by atoms with Gasteiger partial charge in [-0.3, -0.25) is 14.4 Å². The number of nitrogens with one attached hydrogen (secondary N) is 1. The number of carbonyl (C=O) groups is 3. The molecule has 0 spiro atoms. The molecule has 0 aromatic heterocycles. The van der Waals surface area contributed by atoms with E-state index >= 15 is 0 Å². The van der Waals surface area contributed by atoms with Crippen molar-refractivity contribution in [2.24, 2.45) is 11.8 Å². The van der Waals surface area contributed by atoms with Crippen molar-refractivity contribution >= 4 is 17.8 Å². The average Bonchev–Trinajstić information content (AvgIpc) is 2.14. The second kappa shape index (κ2) is 5.33. The number of amides is 1. The third-order valence-corrected chi connectivity index (χ3v) is 2.28. The highest BCUT2D eigenvalue weighted by molar-refractivity contribution is 5.87. The van der Waals surface area contributed by atoms with E-state index in [1.807, 2.05) is 0 Å². The van der Waals surface area contributed by atoms with Crippen molar-refractivity contribution in [3.05, 3.63) is 0 Å². The molecule has 0 saturated heterocycles. The molecule has 0 fully saturated rings. The average molecular weight is 217 g/mol. The van der Waals surface area contributed by atoms with E-state index < -0.39 is 35.7 Å². The summed E-state index contributed by atoms with van der Waals surface area (Å²) >= 11 is 0. The number of rotatable bonds is 5. The van der Waals surface area contributed by atoms with Crippen LogP contribution < -0.4 is 5.32 Å². The minimum absolute atomic E-state index is 0.570. The monoisotopic (exact) mass is 217 g/mol. The van der Waals surface area contributed by atoms with Gasteiger partial charge in [-0.15, -0.1) is 0 Å². The lowest BCUT2D eigenvalue weighted by molar-refractivity contribution is -0.147. The molecule has 0 bridgehead atoms. The molecule has 6 heteroatoms. The van der Waals surface area contributed by atoms with Gasteiger partial charge in [-0.2, -0.15) is 0 Å². The Balaban J connectivity index is 4.34. The second-order valence-corrected chi connectivity index (χ2v) is 3.48. The molecule has 0 heterocycles. The van der Waals surface area contributed by atoms with E-state index in [1.54, 1.807) is 0 Å². The summed E-state index contributed by atoms with van der Waals surface area (Å²) in [6.45, 7) is 4.17. The summed E-state index contributed by atoms with van der Waals surface area (Å²) in [6.07, 6.45) is 0. The van der Waals surface area contributed by atoms with Gasteiger partial charge in [0, 0.05) is 5.92 Å². The van der Waals surface area contributed by atoms with Gasteiger partial charge in [-0.05, 0) is 6.92 Å². The second-order valence-electron chi connectivity index (χ2n) is 3.48. The van der Waals surface area contributed by atoms with Gasteiger partial charge in [0.15, 0.2) is 0 Å². The Hall–Kier alpha value is -1.59.